The molecule has 0 atom stereocenters. The predicted molar refractivity (Wildman–Crippen MR) is 88.7 cm³/mol. The van der Waals surface area contributed by atoms with Crippen LogP contribution in [0.2, 0.25) is 5.04 Å². The predicted octanol–water partition coefficient (Wildman–Crippen LogP) is 3.35. The molecule has 6 heteroatoms. The highest BCUT2D eigenvalue weighted by Crippen LogP contribution is 2.30. The van der Waals surface area contributed by atoms with Gasteiger partial charge in [0, 0.05) is 0 Å². The van der Waals surface area contributed by atoms with Gasteiger partial charge in [0.1, 0.15) is 0 Å². The maximum atomic E-state index is 12.0. The summed E-state index contributed by atoms with van der Waals surface area (Å²) in [4.78, 5) is 23.8. The van der Waals surface area contributed by atoms with Crippen LogP contribution in [0.1, 0.15) is 60.9 Å². The highest BCUT2D eigenvalue weighted by Gasteiger charge is 2.28. The van der Waals surface area contributed by atoms with Crippen LogP contribution in [-0.2, 0) is 19.5 Å². The third kappa shape index (κ3) is 5.18. The lowest BCUT2D eigenvalue weighted by Crippen LogP contribution is -2.28. The van der Waals surface area contributed by atoms with E-state index < -0.39 is 17.5 Å². The molecule has 0 spiro atoms. The van der Waals surface area contributed by atoms with E-state index in [1.807, 2.05) is 13.8 Å². The van der Waals surface area contributed by atoms with E-state index in [2.05, 4.69) is 20.8 Å². The lowest BCUT2D eigenvalue weighted by atomic mass is 9.94. The van der Waals surface area contributed by atoms with E-state index in [1.54, 1.807) is 18.2 Å². The topological polar surface area (TPSA) is 61.8 Å². The van der Waals surface area contributed by atoms with Crippen molar-refractivity contribution in [1.29, 1.82) is 0 Å². The number of esters is 2. The van der Waals surface area contributed by atoms with Gasteiger partial charge in [0.05, 0.1) is 30.9 Å². The fourth-order valence-corrected chi connectivity index (χ4v) is 2.50. The Balaban J connectivity index is 3.23. The Hall–Kier alpha value is -1.66. The molecule has 0 N–H and O–H groups in total. The molecule has 1 aromatic rings. The summed E-state index contributed by atoms with van der Waals surface area (Å²) in [5.41, 5.74) is 0.551. The summed E-state index contributed by atoms with van der Waals surface area (Å²) in [6, 6.07) is 4.97. The molecule has 5 nitrogen and oxygen atoms in total. The van der Waals surface area contributed by atoms with E-state index >= 15 is 0 Å². The van der Waals surface area contributed by atoms with Crippen LogP contribution in [0.15, 0.2) is 18.2 Å². The van der Waals surface area contributed by atoms with E-state index in [4.69, 9.17) is 13.9 Å². The minimum Gasteiger partial charge on any atom is -0.465 e. The first kappa shape index (κ1) is 19.4. The van der Waals surface area contributed by atoms with Crippen molar-refractivity contribution in [2.24, 2.45) is 0 Å². The van der Waals surface area contributed by atoms with E-state index in [1.165, 1.54) is 14.2 Å². The average molecular weight is 336 g/mol. The molecule has 1 aromatic carbocycles. The highest BCUT2D eigenvalue weighted by molar-refractivity contribution is 6.31. The molecule has 0 heterocycles. The highest BCUT2D eigenvalue weighted by atomic mass is 28.2. The number of rotatable bonds is 5. The lowest BCUT2D eigenvalue weighted by Gasteiger charge is -2.30. The summed E-state index contributed by atoms with van der Waals surface area (Å²) < 4.78 is 15.5. The number of ether oxygens (including phenoxy) is 2. The van der Waals surface area contributed by atoms with Crippen LogP contribution in [0.3, 0.4) is 0 Å². The third-order valence-corrected chi connectivity index (χ3v) is 4.36. The third-order valence-electron chi connectivity index (χ3n) is 3.14. The Morgan fingerprint density at radius 3 is 1.91 bits per heavy atom. The Morgan fingerprint density at radius 2 is 1.43 bits per heavy atom. The van der Waals surface area contributed by atoms with Crippen LogP contribution in [0.25, 0.3) is 0 Å². The molecular formula is C17H24O5Si. The van der Waals surface area contributed by atoms with Crippen molar-refractivity contribution in [3.05, 3.63) is 34.9 Å². The zero-order valence-electron chi connectivity index (χ0n) is 14.8. The fraction of sp³-hybridized carbons (Fsp3) is 0.529. The first-order valence-corrected chi connectivity index (χ1v) is 8.19. The van der Waals surface area contributed by atoms with Gasteiger partial charge in [-0.05, 0) is 36.6 Å². The maximum Gasteiger partial charge on any atom is 0.338 e. The molecule has 126 valence electrons. The molecule has 0 saturated carbocycles. The normalized spacial score (nSPS) is 12.0. The average Bonchev–Trinajstić information content (AvgIpc) is 2.50. The van der Waals surface area contributed by atoms with Crippen LogP contribution >= 0.6 is 0 Å². The van der Waals surface area contributed by atoms with Crippen LogP contribution in [0, 0.1) is 0 Å². The van der Waals surface area contributed by atoms with E-state index in [0.717, 1.165) is 5.56 Å². The van der Waals surface area contributed by atoms with Crippen molar-refractivity contribution in [3.63, 3.8) is 0 Å². The molecular weight excluding hydrogens is 312 g/mol. The number of benzene rings is 1. The monoisotopic (exact) mass is 336 g/mol. The summed E-state index contributed by atoms with van der Waals surface area (Å²) in [5.74, 6) is -1.16. The summed E-state index contributed by atoms with van der Waals surface area (Å²) >= 11 is 0. The van der Waals surface area contributed by atoms with Crippen LogP contribution in [-0.4, -0.2) is 35.9 Å². The van der Waals surface area contributed by atoms with Gasteiger partial charge >= 0.3 is 11.9 Å². The molecule has 0 unspecified atom stereocenters. The fourth-order valence-electron chi connectivity index (χ4n) is 1.83. The minimum atomic E-state index is -0.594. The first-order valence-electron chi connectivity index (χ1n) is 7.28. The molecule has 0 aliphatic carbocycles. The van der Waals surface area contributed by atoms with Crippen molar-refractivity contribution in [2.75, 3.05) is 14.2 Å². The van der Waals surface area contributed by atoms with Gasteiger partial charge in [-0.15, -0.1) is 0 Å². The van der Waals surface area contributed by atoms with Crippen LogP contribution in [0.4, 0.5) is 0 Å². The number of carbonyl (C=O) groups excluding carboxylic acids is 2. The van der Waals surface area contributed by atoms with Crippen molar-refractivity contribution in [1.82, 2.24) is 0 Å². The number of hydrogen-bond donors (Lipinski definition) is 0. The molecule has 2 radical (unpaired) electrons. The number of methoxy groups -OCH3 is 2. The zero-order valence-corrected chi connectivity index (χ0v) is 15.8. The SMILES string of the molecule is COC(=O)c1ccc(C(C)(C)O[Si]C(C)(C)C)cc1C(=O)OC. The van der Waals surface area contributed by atoms with Gasteiger partial charge < -0.3 is 13.9 Å². The Labute approximate surface area is 140 Å². The standard InChI is InChI=1S/C17H24O5Si/c1-16(2,3)23-22-17(4,5)11-8-9-12(14(18)20-6)13(10-11)15(19)21-7/h8-10H,1-7H3. The second kappa shape index (κ2) is 7.27. The first-order chi connectivity index (χ1) is 10.5. The Kier molecular flexibility index (Phi) is 6.13. The van der Waals surface area contributed by atoms with Crippen molar-refractivity contribution in [2.45, 2.75) is 45.3 Å². The van der Waals surface area contributed by atoms with Gasteiger partial charge in [0.25, 0.3) is 0 Å². The minimum absolute atomic E-state index is 0.0500. The second-order valence-corrected chi connectivity index (χ2v) is 8.62. The van der Waals surface area contributed by atoms with Crippen molar-refractivity contribution in [3.8, 4) is 0 Å². The lowest BCUT2D eigenvalue weighted by molar-refractivity contribution is 0.0553. The second-order valence-electron chi connectivity index (χ2n) is 6.71. The smallest absolute Gasteiger partial charge is 0.338 e. The van der Waals surface area contributed by atoms with Crippen LogP contribution in [0.5, 0.6) is 0 Å². The van der Waals surface area contributed by atoms with E-state index in [9.17, 15) is 9.59 Å². The van der Waals surface area contributed by atoms with Crippen molar-refractivity contribution < 1.29 is 23.5 Å². The molecule has 1 rings (SSSR count). The Bertz CT molecular complexity index is 587. The zero-order chi connectivity index (χ0) is 17.8. The Morgan fingerprint density at radius 1 is 0.913 bits per heavy atom. The molecule has 0 bridgehead atoms. The van der Waals surface area contributed by atoms with Gasteiger partial charge in [-0.3, -0.25) is 0 Å². The van der Waals surface area contributed by atoms with Gasteiger partial charge in [0.15, 0.2) is 0 Å². The maximum absolute atomic E-state index is 12.0. The molecule has 23 heavy (non-hydrogen) atoms. The van der Waals surface area contributed by atoms with E-state index in [0.29, 0.717) is 9.76 Å². The summed E-state index contributed by atoms with van der Waals surface area (Å²) in [6.07, 6.45) is 0. The summed E-state index contributed by atoms with van der Waals surface area (Å²) in [6.45, 7) is 10.2. The van der Waals surface area contributed by atoms with E-state index in [-0.39, 0.29) is 16.2 Å². The van der Waals surface area contributed by atoms with Crippen LogP contribution < -0.4 is 0 Å². The summed E-state index contributed by atoms with van der Waals surface area (Å²) in [7, 11) is 2.84. The molecule has 0 fully saturated rings. The van der Waals surface area contributed by atoms with Gasteiger partial charge in [0.2, 0.25) is 9.76 Å². The quantitative estimate of drug-likeness (QED) is 0.609. The largest absolute Gasteiger partial charge is 0.465 e. The number of hydrogen-bond acceptors (Lipinski definition) is 5. The number of carbonyl (C=O) groups is 2. The molecule has 0 amide bonds. The van der Waals surface area contributed by atoms with Gasteiger partial charge in [-0.25, -0.2) is 9.59 Å². The molecule has 0 saturated heterocycles. The molecule has 0 aromatic heterocycles. The van der Waals surface area contributed by atoms with Gasteiger partial charge in [-0.2, -0.15) is 0 Å². The molecule has 0 aliphatic rings. The van der Waals surface area contributed by atoms with Gasteiger partial charge in [-0.1, -0.05) is 26.8 Å². The molecule has 0 aliphatic heterocycles. The summed E-state index contributed by atoms with van der Waals surface area (Å²) in [5, 5.41) is 0.0500. The van der Waals surface area contributed by atoms with Crippen molar-refractivity contribution >= 4 is 21.7 Å².